The number of nitrogen functional groups attached to an aromatic ring is 1. The number of thioether (sulfide) groups is 1. The third-order valence-electron chi connectivity index (χ3n) is 2.76. The summed E-state index contributed by atoms with van der Waals surface area (Å²) >= 11 is 1.71. The van der Waals surface area contributed by atoms with E-state index in [1.165, 1.54) is 5.56 Å². The highest BCUT2D eigenvalue weighted by atomic mass is 32.2. The van der Waals surface area contributed by atoms with Gasteiger partial charge in [0.05, 0.1) is 5.75 Å². The summed E-state index contributed by atoms with van der Waals surface area (Å²) in [4.78, 5) is 5.42. The van der Waals surface area contributed by atoms with Crippen LogP contribution < -0.4 is 5.73 Å². The fraction of sp³-hybridized carbons (Fsp3) is 0.429. The summed E-state index contributed by atoms with van der Waals surface area (Å²) in [6.07, 6.45) is 1.62. The highest BCUT2D eigenvalue weighted by Crippen LogP contribution is 2.28. The first kappa shape index (κ1) is 13.9. The quantitative estimate of drug-likeness (QED) is 0.673. The summed E-state index contributed by atoms with van der Waals surface area (Å²) in [5.74, 6) is 2.36. The van der Waals surface area contributed by atoms with E-state index in [-0.39, 0.29) is 0 Å². The topological polar surface area (TPSA) is 56.7 Å². The Bertz CT molecular complexity index is 548. The molecule has 5 heteroatoms. The number of nitrogens with zero attached hydrogens (tertiary/aromatic N) is 3. The molecule has 0 atom stereocenters. The second-order valence-electron chi connectivity index (χ2n) is 5.08. The van der Waals surface area contributed by atoms with E-state index in [2.05, 4.69) is 36.1 Å². The summed E-state index contributed by atoms with van der Waals surface area (Å²) in [6.45, 7) is 7.30. The molecular weight excluding hydrogens is 256 g/mol. The van der Waals surface area contributed by atoms with Gasteiger partial charge in [0.15, 0.2) is 0 Å². The lowest BCUT2D eigenvalue weighted by Crippen LogP contribution is -2.09. The molecule has 2 N–H and O–H groups in total. The molecule has 0 spiro atoms. The van der Waals surface area contributed by atoms with Crippen LogP contribution in [0.5, 0.6) is 0 Å². The maximum Gasteiger partial charge on any atom is 0.138 e. The van der Waals surface area contributed by atoms with Gasteiger partial charge >= 0.3 is 0 Å². The standard InChI is InChI=1S/C14H20N4S/c1-10(2)7-18-14(16-9-17-18)8-19-13-5-4-11(3)6-12(13)15/h4-6,9-10H,7-8,15H2,1-3H3. The number of aryl methyl sites for hydroxylation is 1. The molecule has 0 unspecified atom stereocenters. The lowest BCUT2D eigenvalue weighted by Gasteiger charge is -2.09. The summed E-state index contributed by atoms with van der Waals surface area (Å²) in [5, 5.41) is 4.27. The zero-order chi connectivity index (χ0) is 13.8. The normalized spacial score (nSPS) is 11.2. The molecule has 0 aliphatic carbocycles. The van der Waals surface area contributed by atoms with Gasteiger partial charge in [0.25, 0.3) is 0 Å². The van der Waals surface area contributed by atoms with Crippen molar-refractivity contribution in [2.75, 3.05) is 5.73 Å². The third-order valence-corrected chi connectivity index (χ3v) is 3.84. The summed E-state index contributed by atoms with van der Waals surface area (Å²) in [7, 11) is 0. The second-order valence-corrected chi connectivity index (χ2v) is 6.10. The SMILES string of the molecule is Cc1ccc(SCc2ncnn2CC(C)C)c(N)c1. The molecule has 1 aromatic heterocycles. The molecule has 1 heterocycles. The van der Waals surface area contributed by atoms with E-state index in [1.807, 2.05) is 17.7 Å². The number of anilines is 1. The van der Waals surface area contributed by atoms with Crippen molar-refractivity contribution in [3.8, 4) is 0 Å². The van der Waals surface area contributed by atoms with Crippen LogP contribution in [0, 0.1) is 12.8 Å². The molecule has 1 aromatic carbocycles. The van der Waals surface area contributed by atoms with E-state index >= 15 is 0 Å². The average Bonchev–Trinajstić information content (AvgIpc) is 2.74. The molecule has 4 nitrogen and oxygen atoms in total. The molecule has 0 fully saturated rings. The van der Waals surface area contributed by atoms with Crippen molar-refractivity contribution >= 4 is 17.4 Å². The van der Waals surface area contributed by atoms with Crippen molar-refractivity contribution in [2.24, 2.45) is 5.92 Å². The molecular formula is C14H20N4S. The Hall–Kier alpha value is -1.49. The number of hydrogen-bond acceptors (Lipinski definition) is 4. The highest BCUT2D eigenvalue weighted by molar-refractivity contribution is 7.98. The largest absolute Gasteiger partial charge is 0.398 e. The molecule has 0 saturated carbocycles. The number of nitrogens with two attached hydrogens (primary N) is 1. The van der Waals surface area contributed by atoms with Gasteiger partial charge in [-0.2, -0.15) is 5.10 Å². The monoisotopic (exact) mass is 276 g/mol. The molecule has 2 aromatic rings. The average molecular weight is 276 g/mol. The first-order valence-corrected chi connectivity index (χ1v) is 7.40. The zero-order valence-corrected chi connectivity index (χ0v) is 12.4. The van der Waals surface area contributed by atoms with Crippen LogP contribution >= 0.6 is 11.8 Å². The smallest absolute Gasteiger partial charge is 0.138 e. The van der Waals surface area contributed by atoms with Crippen LogP contribution in [0.25, 0.3) is 0 Å². The Kier molecular flexibility index (Phi) is 4.47. The van der Waals surface area contributed by atoms with Crippen molar-refractivity contribution in [3.63, 3.8) is 0 Å². The predicted molar refractivity (Wildman–Crippen MR) is 80.0 cm³/mol. The van der Waals surface area contributed by atoms with Crippen molar-refractivity contribution in [1.29, 1.82) is 0 Å². The van der Waals surface area contributed by atoms with Gasteiger partial charge in [-0.05, 0) is 30.5 Å². The Labute approximate surface area is 118 Å². The Morgan fingerprint density at radius 2 is 2.16 bits per heavy atom. The number of benzene rings is 1. The van der Waals surface area contributed by atoms with Gasteiger partial charge in [-0.3, -0.25) is 0 Å². The molecule has 0 radical (unpaired) electrons. The fourth-order valence-corrected chi connectivity index (χ4v) is 2.74. The summed E-state index contributed by atoms with van der Waals surface area (Å²) in [6, 6.07) is 6.15. The van der Waals surface area contributed by atoms with Crippen molar-refractivity contribution in [1.82, 2.24) is 14.8 Å². The van der Waals surface area contributed by atoms with Crippen LogP contribution in [0.2, 0.25) is 0 Å². The number of rotatable bonds is 5. The second kappa shape index (κ2) is 6.10. The lowest BCUT2D eigenvalue weighted by molar-refractivity contribution is 0.472. The molecule has 0 aliphatic rings. The minimum absolute atomic E-state index is 0.565. The maximum atomic E-state index is 6.02. The van der Waals surface area contributed by atoms with Gasteiger partial charge in [0.2, 0.25) is 0 Å². The fourth-order valence-electron chi connectivity index (χ4n) is 1.84. The lowest BCUT2D eigenvalue weighted by atomic mass is 10.2. The predicted octanol–water partition coefficient (Wildman–Crippen LogP) is 3.12. The van der Waals surface area contributed by atoms with Crippen LogP contribution in [0.4, 0.5) is 5.69 Å². The molecule has 0 bridgehead atoms. The molecule has 0 aliphatic heterocycles. The van der Waals surface area contributed by atoms with Crippen LogP contribution in [-0.4, -0.2) is 14.8 Å². The first-order chi connectivity index (χ1) is 9.06. The number of aromatic nitrogens is 3. The van der Waals surface area contributed by atoms with Gasteiger partial charge in [-0.15, -0.1) is 11.8 Å². The molecule has 102 valence electrons. The minimum Gasteiger partial charge on any atom is -0.398 e. The van der Waals surface area contributed by atoms with E-state index < -0.39 is 0 Å². The van der Waals surface area contributed by atoms with Gasteiger partial charge in [0.1, 0.15) is 12.2 Å². The van der Waals surface area contributed by atoms with Gasteiger partial charge in [-0.25, -0.2) is 9.67 Å². The van der Waals surface area contributed by atoms with E-state index in [0.717, 1.165) is 28.7 Å². The van der Waals surface area contributed by atoms with E-state index in [1.54, 1.807) is 18.1 Å². The molecule has 19 heavy (non-hydrogen) atoms. The zero-order valence-electron chi connectivity index (χ0n) is 11.6. The third kappa shape index (κ3) is 3.73. The van der Waals surface area contributed by atoms with Gasteiger partial charge < -0.3 is 5.73 Å². The van der Waals surface area contributed by atoms with Crippen LogP contribution in [0.15, 0.2) is 29.4 Å². The van der Waals surface area contributed by atoms with Gasteiger partial charge in [-0.1, -0.05) is 19.9 Å². The summed E-state index contributed by atoms with van der Waals surface area (Å²) in [5.41, 5.74) is 8.03. The summed E-state index contributed by atoms with van der Waals surface area (Å²) < 4.78 is 1.97. The Morgan fingerprint density at radius 1 is 1.37 bits per heavy atom. The van der Waals surface area contributed by atoms with Crippen LogP contribution in [0.3, 0.4) is 0 Å². The van der Waals surface area contributed by atoms with Crippen LogP contribution in [0.1, 0.15) is 25.2 Å². The van der Waals surface area contributed by atoms with Gasteiger partial charge in [0, 0.05) is 17.1 Å². The Balaban J connectivity index is 2.04. The van der Waals surface area contributed by atoms with Crippen molar-refractivity contribution in [2.45, 2.75) is 38.0 Å². The van der Waals surface area contributed by atoms with Crippen molar-refractivity contribution in [3.05, 3.63) is 35.9 Å². The first-order valence-electron chi connectivity index (χ1n) is 6.42. The van der Waals surface area contributed by atoms with Crippen molar-refractivity contribution < 1.29 is 0 Å². The van der Waals surface area contributed by atoms with E-state index in [0.29, 0.717) is 5.92 Å². The maximum absolute atomic E-state index is 6.02. The van der Waals surface area contributed by atoms with E-state index in [9.17, 15) is 0 Å². The van der Waals surface area contributed by atoms with E-state index in [4.69, 9.17) is 5.73 Å². The molecule has 0 saturated heterocycles. The van der Waals surface area contributed by atoms with Crippen LogP contribution in [-0.2, 0) is 12.3 Å². The molecule has 2 rings (SSSR count). The minimum atomic E-state index is 0.565. The number of hydrogen-bond donors (Lipinski definition) is 1. The molecule has 0 amide bonds. The Morgan fingerprint density at radius 3 is 2.84 bits per heavy atom. The highest BCUT2D eigenvalue weighted by Gasteiger charge is 2.08.